The number of ether oxygens (including phenoxy) is 1. The standard InChI is InChI=1S/C13H12N4O3/c1-8-13(9(2)16(3)15-8)20-12-5-4-11(17(18)19)6-10(12)7-14/h4-6H,1-3H3. The van der Waals surface area contributed by atoms with Gasteiger partial charge in [-0.2, -0.15) is 10.4 Å². The van der Waals surface area contributed by atoms with E-state index in [1.807, 2.05) is 13.0 Å². The molecule has 7 nitrogen and oxygen atoms in total. The van der Waals surface area contributed by atoms with E-state index in [4.69, 9.17) is 10.00 Å². The third-order valence-corrected chi connectivity index (χ3v) is 2.95. The lowest BCUT2D eigenvalue weighted by Gasteiger charge is -2.07. The Morgan fingerprint density at radius 3 is 2.65 bits per heavy atom. The van der Waals surface area contributed by atoms with E-state index in [2.05, 4.69) is 5.10 Å². The Bertz CT molecular complexity index is 728. The summed E-state index contributed by atoms with van der Waals surface area (Å²) in [5.74, 6) is 0.829. The average molecular weight is 272 g/mol. The highest BCUT2D eigenvalue weighted by atomic mass is 16.6. The van der Waals surface area contributed by atoms with E-state index in [1.54, 1.807) is 18.7 Å². The van der Waals surface area contributed by atoms with Crippen molar-refractivity contribution in [3.05, 3.63) is 45.3 Å². The van der Waals surface area contributed by atoms with Gasteiger partial charge >= 0.3 is 0 Å². The summed E-state index contributed by atoms with van der Waals surface area (Å²) in [7, 11) is 1.79. The quantitative estimate of drug-likeness (QED) is 0.632. The zero-order chi connectivity index (χ0) is 14.9. The van der Waals surface area contributed by atoms with Crippen molar-refractivity contribution in [2.45, 2.75) is 13.8 Å². The average Bonchev–Trinajstić information content (AvgIpc) is 2.65. The van der Waals surface area contributed by atoms with Crippen molar-refractivity contribution < 1.29 is 9.66 Å². The highest BCUT2D eigenvalue weighted by Gasteiger charge is 2.16. The molecule has 0 aliphatic heterocycles. The number of hydrogen-bond acceptors (Lipinski definition) is 5. The van der Waals surface area contributed by atoms with E-state index < -0.39 is 4.92 Å². The number of hydrogen-bond donors (Lipinski definition) is 0. The number of benzene rings is 1. The molecule has 1 aromatic carbocycles. The van der Waals surface area contributed by atoms with Crippen LogP contribution in [-0.4, -0.2) is 14.7 Å². The zero-order valence-corrected chi connectivity index (χ0v) is 11.2. The number of nitro groups is 1. The van der Waals surface area contributed by atoms with Gasteiger partial charge < -0.3 is 4.74 Å². The lowest BCUT2D eigenvalue weighted by Crippen LogP contribution is -1.95. The molecule has 2 rings (SSSR count). The van der Waals surface area contributed by atoms with E-state index in [0.717, 1.165) is 5.69 Å². The van der Waals surface area contributed by atoms with Crippen LogP contribution in [0.4, 0.5) is 5.69 Å². The molecule has 1 heterocycles. The normalized spacial score (nSPS) is 10.1. The zero-order valence-electron chi connectivity index (χ0n) is 11.2. The summed E-state index contributed by atoms with van der Waals surface area (Å²) in [5.41, 5.74) is 1.47. The number of nitriles is 1. The minimum Gasteiger partial charge on any atom is -0.452 e. The topological polar surface area (TPSA) is 94.0 Å². The van der Waals surface area contributed by atoms with Gasteiger partial charge in [-0.25, -0.2) is 0 Å². The molecule has 0 spiro atoms. The molecular weight excluding hydrogens is 260 g/mol. The van der Waals surface area contributed by atoms with Crippen LogP contribution in [0.25, 0.3) is 0 Å². The van der Waals surface area contributed by atoms with Gasteiger partial charge in [-0.3, -0.25) is 14.8 Å². The molecule has 7 heteroatoms. The Kier molecular flexibility index (Phi) is 3.39. The smallest absolute Gasteiger partial charge is 0.271 e. The van der Waals surface area contributed by atoms with Gasteiger partial charge in [-0.1, -0.05) is 0 Å². The first-order valence-electron chi connectivity index (χ1n) is 5.80. The molecule has 0 atom stereocenters. The Morgan fingerprint density at radius 2 is 2.15 bits per heavy atom. The number of aryl methyl sites for hydroxylation is 2. The number of non-ortho nitro benzene ring substituents is 1. The van der Waals surface area contributed by atoms with Crippen LogP contribution in [0.5, 0.6) is 11.5 Å². The highest BCUT2D eigenvalue weighted by Crippen LogP contribution is 2.31. The second kappa shape index (κ2) is 5.01. The van der Waals surface area contributed by atoms with Crippen molar-refractivity contribution >= 4 is 5.69 Å². The predicted molar refractivity (Wildman–Crippen MR) is 70.6 cm³/mol. The van der Waals surface area contributed by atoms with E-state index in [9.17, 15) is 10.1 Å². The highest BCUT2D eigenvalue weighted by molar-refractivity contribution is 5.52. The molecule has 0 unspecified atom stereocenters. The largest absolute Gasteiger partial charge is 0.452 e. The number of nitro benzene ring substituents is 1. The Balaban J connectivity index is 2.44. The van der Waals surface area contributed by atoms with Crippen molar-refractivity contribution in [1.82, 2.24) is 9.78 Å². The van der Waals surface area contributed by atoms with Crippen LogP contribution in [0.15, 0.2) is 18.2 Å². The van der Waals surface area contributed by atoms with Crippen LogP contribution < -0.4 is 4.74 Å². The Hall–Kier alpha value is -2.88. The maximum Gasteiger partial charge on any atom is 0.271 e. The summed E-state index contributed by atoms with van der Waals surface area (Å²) >= 11 is 0. The maximum atomic E-state index is 10.7. The van der Waals surface area contributed by atoms with Crippen molar-refractivity contribution in [1.29, 1.82) is 5.26 Å². The van der Waals surface area contributed by atoms with Crippen LogP contribution >= 0.6 is 0 Å². The van der Waals surface area contributed by atoms with Gasteiger partial charge in [0.2, 0.25) is 0 Å². The summed E-state index contributed by atoms with van der Waals surface area (Å²) < 4.78 is 7.36. The monoisotopic (exact) mass is 272 g/mol. The third-order valence-electron chi connectivity index (χ3n) is 2.95. The van der Waals surface area contributed by atoms with Gasteiger partial charge in [0.15, 0.2) is 5.75 Å². The fourth-order valence-electron chi connectivity index (χ4n) is 1.82. The first-order valence-corrected chi connectivity index (χ1v) is 5.80. The molecule has 1 aromatic heterocycles. The van der Waals surface area contributed by atoms with Crippen LogP contribution in [0.1, 0.15) is 17.0 Å². The molecule has 20 heavy (non-hydrogen) atoms. The number of rotatable bonds is 3. The van der Waals surface area contributed by atoms with E-state index in [0.29, 0.717) is 11.4 Å². The lowest BCUT2D eigenvalue weighted by molar-refractivity contribution is -0.384. The van der Waals surface area contributed by atoms with E-state index in [-0.39, 0.29) is 17.0 Å². The van der Waals surface area contributed by atoms with Gasteiger partial charge in [0.05, 0.1) is 10.6 Å². The summed E-state index contributed by atoms with van der Waals surface area (Å²) in [6.07, 6.45) is 0. The van der Waals surface area contributed by atoms with Crippen LogP contribution in [0, 0.1) is 35.3 Å². The molecule has 0 fully saturated rings. The van der Waals surface area contributed by atoms with E-state index >= 15 is 0 Å². The first kappa shape index (κ1) is 13.5. The molecule has 0 saturated carbocycles. The molecule has 0 aliphatic rings. The van der Waals surface area contributed by atoms with Crippen molar-refractivity contribution in [3.8, 4) is 17.6 Å². The molecule has 0 bridgehead atoms. The SMILES string of the molecule is Cc1nn(C)c(C)c1Oc1ccc([N+](=O)[O-])cc1C#N. The fraction of sp³-hybridized carbons (Fsp3) is 0.231. The minimum absolute atomic E-state index is 0.113. The number of aromatic nitrogens is 2. The van der Waals surface area contributed by atoms with Crippen LogP contribution in [0.2, 0.25) is 0 Å². The summed E-state index contributed by atoms with van der Waals surface area (Å²) in [6.45, 7) is 3.63. The Labute approximate surface area is 115 Å². The minimum atomic E-state index is -0.550. The van der Waals surface area contributed by atoms with Crippen LogP contribution in [-0.2, 0) is 7.05 Å². The summed E-state index contributed by atoms with van der Waals surface area (Å²) in [5, 5.41) is 24.0. The predicted octanol–water partition coefficient (Wildman–Crippen LogP) is 2.61. The van der Waals surface area contributed by atoms with Crippen molar-refractivity contribution in [3.63, 3.8) is 0 Å². The maximum absolute atomic E-state index is 10.7. The summed E-state index contributed by atoms with van der Waals surface area (Å²) in [4.78, 5) is 10.1. The molecule has 102 valence electrons. The third kappa shape index (κ3) is 2.31. The molecule has 0 radical (unpaired) electrons. The van der Waals surface area contributed by atoms with Crippen molar-refractivity contribution in [2.24, 2.45) is 7.05 Å². The lowest BCUT2D eigenvalue weighted by atomic mass is 10.2. The van der Waals surface area contributed by atoms with E-state index in [1.165, 1.54) is 18.2 Å². The molecule has 0 amide bonds. The summed E-state index contributed by atoms with van der Waals surface area (Å²) in [6, 6.07) is 5.81. The second-order valence-electron chi connectivity index (χ2n) is 4.27. The fourth-order valence-corrected chi connectivity index (χ4v) is 1.82. The van der Waals surface area contributed by atoms with Gasteiger partial charge in [0, 0.05) is 19.2 Å². The van der Waals surface area contributed by atoms with Gasteiger partial charge in [-0.05, 0) is 19.9 Å². The van der Waals surface area contributed by atoms with Crippen LogP contribution in [0.3, 0.4) is 0 Å². The molecule has 0 aliphatic carbocycles. The number of nitrogens with zero attached hydrogens (tertiary/aromatic N) is 4. The van der Waals surface area contributed by atoms with Gasteiger partial charge in [0.25, 0.3) is 5.69 Å². The first-order chi connectivity index (χ1) is 9.43. The molecule has 0 N–H and O–H groups in total. The molecule has 2 aromatic rings. The molecular formula is C13H12N4O3. The van der Waals surface area contributed by atoms with Gasteiger partial charge in [-0.15, -0.1) is 0 Å². The molecule has 0 saturated heterocycles. The Morgan fingerprint density at radius 1 is 1.45 bits per heavy atom. The second-order valence-corrected chi connectivity index (χ2v) is 4.27. The van der Waals surface area contributed by atoms with Gasteiger partial charge in [0.1, 0.15) is 23.1 Å². The van der Waals surface area contributed by atoms with Crippen molar-refractivity contribution in [2.75, 3.05) is 0 Å².